The van der Waals surface area contributed by atoms with Crippen LogP contribution >= 0.6 is 0 Å². The normalized spacial score (nSPS) is 11.1. The highest BCUT2D eigenvalue weighted by Gasteiger charge is 2.08. The van der Waals surface area contributed by atoms with Gasteiger partial charge in [0.15, 0.2) is 0 Å². The quantitative estimate of drug-likeness (QED) is 0.750. The molecule has 0 fully saturated rings. The molecule has 0 aliphatic heterocycles. The zero-order valence-corrected chi connectivity index (χ0v) is 8.27. The monoisotopic (exact) mass is 197 g/mol. The van der Waals surface area contributed by atoms with Crippen molar-refractivity contribution in [2.45, 2.75) is 6.04 Å². The van der Waals surface area contributed by atoms with Crippen molar-refractivity contribution in [1.29, 1.82) is 10.5 Å². The molecule has 1 aromatic carbocycles. The van der Waals surface area contributed by atoms with Crippen molar-refractivity contribution in [3.63, 3.8) is 0 Å². The van der Waals surface area contributed by atoms with Gasteiger partial charge in [-0.2, -0.15) is 10.5 Å². The van der Waals surface area contributed by atoms with E-state index in [1.165, 1.54) is 0 Å². The number of nitrogens with one attached hydrogen (secondary N) is 1. The third kappa shape index (κ3) is 2.95. The molecule has 0 saturated carbocycles. The van der Waals surface area contributed by atoms with E-state index in [1.54, 1.807) is 24.3 Å². The van der Waals surface area contributed by atoms with Crippen LogP contribution in [0.3, 0.4) is 0 Å². The third-order valence-corrected chi connectivity index (χ3v) is 1.94. The summed E-state index contributed by atoms with van der Waals surface area (Å²) in [5.74, 6) is 0. The minimum Gasteiger partial charge on any atom is -0.295 e. The van der Waals surface area contributed by atoms with Gasteiger partial charge in [-0.05, 0) is 17.7 Å². The maximum absolute atomic E-state index is 8.94. The highest BCUT2D eigenvalue weighted by atomic mass is 14.9. The third-order valence-electron chi connectivity index (χ3n) is 1.94. The Kier molecular flexibility index (Phi) is 4.09. The first-order valence-corrected chi connectivity index (χ1v) is 4.55. The summed E-state index contributed by atoms with van der Waals surface area (Å²) in [6.45, 7) is 4.13. The molecule has 15 heavy (non-hydrogen) atoms. The Hall–Kier alpha value is -2.10. The van der Waals surface area contributed by atoms with Crippen molar-refractivity contribution in [1.82, 2.24) is 5.32 Å². The Morgan fingerprint density at radius 2 is 2.27 bits per heavy atom. The second-order valence-electron chi connectivity index (χ2n) is 3.00. The minimum atomic E-state index is -0.392. The molecule has 0 aromatic heterocycles. The molecule has 3 heteroatoms. The molecule has 0 saturated heterocycles. The lowest BCUT2D eigenvalue weighted by Gasteiger charge is -2.09. The Bertz CT molecular complexity index is 423. The first-order valence-electron chi connectivity index (χ1n) is 4.55. The van der Waals surface area contributed by atoms with E-state index in [1.807, 2.05) is 12.1 Å². The van der Waals surface area contributed by atoms with Crippen LogP contribution in [0.25, 0.3) is 0 Å². The average Bonchev–Trinajstić information content (AvgIpc) is 2.30. The Morgan fingerprint density at radius 3 is 2.87 bits per heavy atom. The first kappa shape index (κ1) is 11.0. The summed E-state index contributed by atoms with van der Waals surface area (Å²) < 4.78 is 0. The van der Waals surface area contributed by atoms with Crippen LogP contribution in [-0.4, -0.2) is 6.54 Å². The number of hydrogen-bond acceptors (Lipinski definition) is 3. The molecule has 1 rings (SSSR count). The molecule has 3 nitrogen and oxygen atoms in total. The van der Waals surface area contributed by atoms with Crippen molar-refractivity contribution in [3.8, 4) is 12.1 Å². The van der Waals surface area contributed by atoms with Gasteiger partial charge < -0.3 is 0 Å². The highest BCUT2D eigenvalue weighted by molar-refractivity contribution is 5.36. The number of rotatable bonds is 4. The zero-order chi connectivity index (χ0) is 11.1. The Balaban J connectivity index is 2.88. The summed E-state index contributed by atoms with van der Waals surface area (Å²) in [4.78, 5) is 0. The van der Waals surface area contributed by atoms with Crippen LogP contribution in [0, 0.1) is 22.7 Å². The standard InChI is InChI=1S/C12H11N3/c1-2-6-15-12(9-14)11-5-3-4-10(7-11)8-13/h2-5,7,12,15H,1,6H2. The lowest BCUT2D eigenvalue weighted by molar-refractivity contribution is 0.683. The first-order chi connectivity index (χ1) is 7.31. The SMILES string of the molecule is C=CCNC(C#N)c1cccc(C#N)c1. The molecule has 0 heterocycles. The zero-order valence-electron chi connectivity index (χ0n) is 8.27. The lowest BCUT2D eigenvalue weighted by atomic mass is 10.1. The van der Waals surface area contributed by atoms with E-state index in [2.05, 4.69) is 18.0 Å². The van der Waals surface area contributed by atoms with Crippen LogP contribution in [0.5, 0.6) is 0 Å². The minimum absolute atomic E-state index is 0.392. The topological polar surface area (TPSA) is 59.6 Å². The number of hydrogen-bond donors (Lipinski definition) is 1. The van der Waals surface area contributed by atoms with Gasteiger partial charge in [0.1, 0.15) is 6.04 Å². The van der Waals surface area contributed by atoms with E-state index in [-0.39, 0.29) is 0 Å². The summed E-state index contributed by atoms with van der Waals surface area (Å²) in [5, 5.41) is 20.7. The molecule has 0 amide bonds. The Morgan fingerprint density at radius 1 is 1.47 bits per heavy atom. The van der Waals surface area contributed by atoms with Crippen molar-refractivity contribution in [2.75, 3.05) is 6.54 Å². The van der Waals surface area contributed by atoms with Gasteiger partial charge in [-0.1, -0.05) is 18.2 Å². The molecule has 0 spiro atoms. The second-order valence-corrected chi connectivity index (χ2v) is 3.00. The number of benzene rings is 1. The molecule has 1 aromatic rings. The summed E-state index contributed by atoms with van der Waals surface area (Å²) in [6.07, 6.45) is 1.69. The fourth-order valence-corrected chi connectivity index (χ4v) is 1.23. The van der Waals surface area contributed by atoms with Crippen LogP contribution in [0.15, 0.2) is 36.9 Å². The molecule has 1 N–H and O–H groups in total. The maximum Gasteiger partial charge on any atom is 0.121 e. The van der Waals surface area contributed by atoms with Crippen LogP contribution in [0.4, 0.5) is 0 Å². The molecule has 74 valence electrons. The van der Waals surface area contributed by atoms with E-state index in [0.717, 1.165) is 5.56 Å². The van der Waals surface area contributed by atoms with E-state index in [0.29, 0.717) is 12.1 Å². The maximum atomic E-state index is 8.94. The molecule has 1 atom stereocenters. The van der Waals surface area contributed by atoms with E-state index < -0.39 is 6.04 Å². The average molecular weight is 197 g/mol. The van der Waals surface area contributed by atoms with Gasteiger partial charge in [-0.15, -0.1) is 6.58 Å². The van der Waals surface area contributed by atoms with Crippen molar-refractivity contribution < 1.29 is 0 Å². The van der Waals surface area contributed by atoms with E-state index in [4.69, 9.17) is 10.5 Å². The summed E-state index contributed by atoms with van der Waals surface area (Å²) >= 11 is 0. The van der Waals surface area contributed by atoms with E-state index >= 15 is 0 Å². The molecule has 0 bridgehead atoms. The van der Waals surface area contributed by atoms with Crippen LogP contribution in [0.1, 0.15) is 17.2 Å². The van der Waals surface area contributed by atoms with Crippen molar-refractivity contribution in [3.05, 3.63) is 48.0 Å². The summed E-state index contributed by atoms with van der Waals surface area (Å²) in [7, 11) is 0. The summed E-state index contributed by atoms with van der Waals surface area (Å²) in [5.41, 5.74) is 1.37. The van der Waals surface area contributed by atoms with Gasteiger partial charge >= 0.3 is 0 Å². The highest BCUT2D eigenvalue weighted by Crippen LogP contribution is 2.13. The predicted octanol–water partition coefficient (Wildman–Crippen LogP) is 1.90. The van der Waals surface area contributed by atoms with Gasteiger partial charge in [0.2, 0.25) is 0 Å². The predicted molar refractivity (Wildman–Crippen MR) is 57.7 cm³/mol. The van der Waals surface area contributed by atoms with E-state index in [9.17, 15) is 0 Å². The largest absolute Gasteiger partial charge is 0.295 e. The lowest BCUT2D eigenvalue weighted by Crippen LogP contribution is -2.19. The van der Waals surface area contributed by atoms with Gasteiger partial charge in [0, 0.05) is 6.54 Å². The smallest absolute Gasteiger partial charge is 0.121 e. The number of nitrogens with zero attached hydrogens (tertiary/aromatic N) is 2. The summed E-state index contributed by atoms with van der Waals surface area (Å²) in [6, 6.07) is 10.8. The van der Waals surface area contributed by atoms with Crippen molar-refractivity contribution >= 4 is 0 Å². The molecule has 0 aliphatic rings. The van der Waals surface area contributed by atoms with Gasteiger partial charge in [0.25, 0.3) is 0 Å². The molecule has 1 unspecified atom stereocenters. The fourth-order valence-electron chi connectivity index (χ4n) is 1.23. The molecule has 0 radical (unpaired) electrons. The van der Waals surface area contributed by atoms with Crippen LogP contribution in [0.2, 0.25) is 0 Å². The molecule has 0 aliphatic carbocycles. The van der Waals surface area contributed by atoms with Gasteiger partial charge in [0.05, 0.1) is 17.7 Å². The van der Waals surface area contributed by atoms with Crippen molar-refractivity contribution in [2.24, 2.45) is 0 Å². The van der Waals surface area contributed by atoms with Gasteiger partial charge in [-0.25, -0.2) is 0 Å². The van der Waals surface area contributed by atoms with Crippen LogP contribution in [-0.2, 0) is 0 Å². The van der Waals surface area contributed by atoms with Crippen LogP contribution < -0.4 is 5.32 Å². The second kappa shape index (κ2) is 5.59. The number of nitriles is 2. The van der Waals surface area contributed by atoms with Gasteiger partial charge in [-0.3, -0.25) is 5.32 Å². The Labute approximate surface area is 89.3 Å². The molecular weight excluding hydrogens is 186 g/mol. The fraction of sp³-hybridized carbons (Fsp3) is 0.167. The molecular formula is C12H11N3.